The van der Waals surface area contributed by atoms with Crippen LogP contribution in [0.2, 0.25) is 15.1 Å². The summed E-state index contributed by atoms with van der Waals surface area (Å²) >= 11 is 19.0. The van der Waals surface area contributed by atoms with Crippen LogP contribution < -0.4 is 15.5 Å². The molecule has 2 N–H and O–H groups in total. The van der Waals surface area contributed by atoms with Crippen molar-refractivity contribution in [3.05, 3.63) is 92.4 Å². The second-order valence-electron chi connectivity index (χ2n) is 9.58. The van der Waals surface area contributed by atoms with Crippen molar-refractivity contribution in [2.75, 3.05) is 37.0 Å². The lowest BCUT2D eigenvalue weighted by Crippen LogP contribution is -2.51. The van der Waals surface area contributed by atoms with Crippen molar-refractivity contribution in [2.24, 2.45) is 4.99 Å². The number of hydrogen-bond donors (Lipinski definition) is 2. The standard InChI is InChI=1S/C29H26Cl3N5O2/c1-36(26-16-22(32)6-8-23(26)27(38)34-10-3-12-37-13-11-33-18-37)29(17-19-4-2-5-20(30)14-19)24-9-7-21(31)15-25(24)35-28(29)39/h2,4-9,11,13-16H,3,10,12,17-18H2,1H3,(H-,34,35,38,39)/p+1. The van der Waals surface area contributed by atoms with E-state index in [-0.39, 0.29) is 11.8 Å². The number of halogens is 3. The minimum atomic E-state index is -1.20. The van der Waals surface area contributed by atoms with E-state index in [0.29, 0.717) is 51.6 Å². The Morgan fingerprint density at radius 2 is 1.85 bits per heavy atom. The molecule has 1 unspecified atom stereocenters. The van der Waals surface area contributed by atoms with Gasteiger partial charge < -0.3 is 15.5 Å². The molecule has 3 aromatic carbocycles. The Kier molecular flexibility index (Phi) is 7.93. The number of nitrogens with one attached hydrogen (secondary N) is 2. The lowest BCUT2D eigenvalue weighted by atomic mass is 9.82. The van der Waals surface area contributed by atoms with Gasteiger partial charge >= 0.3 is 0 Å². The number of rotatable bonds is 9. The second-order valence-corrected chi connectivity index (χ2v) is 10.9. The van der Waals surface area contributed by atoms with E-state index in [1.54, 1.807) is 49.7 Å². The normalized spacial score (nSPS) is 17.5. The van der Waals surface area contributed by atoms with E-state index in [2.05, 4.69) is 20.2 Å². The molecule has 2 aliphatic heterocycles. The van der Waals surface area contributed by atoms with Gasteiger partial charge in [-0.2, -0.15) is 0 Å². The smallest absolute Gasteiger partial charge is 0.255 e. The number of likely N-dealkylation sites (N-methyl/N-ethyl adjacent to an activating group) is 1. The van der Waals surface area contributed by atoms with Crippen LogP contribution in [0.25, 0.3) is 0 Å². The van der Waals surface area contributed by atoms with Gasteiger partial charge in [-0.1, -0.05) is 53.0 Å². The molecule has 39 heavy (non-hydrogen) atoms. The van der Waals surface area contributed by atoms with Crippen molar-refractivity contribution in [3.63, 3.8) is 0 Å². The Hall–Kier alpha value is -3.39. The molecule has 2 aliphatic rings. The fourth-order valence-electron chi connectivity index (χ4n) is 5.14. The highest BCUT2D eigenvalue weighted by molar-refractivity contribution is 6.32. The van der Waals surface area contributed by atoms with Crippen LogP contribution in [-0.2, 0) is 16.8 Å². The molecule has 0 saturated carbocycles. The van der Waals surface area contributed by atoms with Gasteiger partial charge in [0.25, 0.3) is 11.8 Å². The van der Waals surface area contributed by atoms with Gasteiger partial charge in [-0.25, -0.2) is 9.57 Å². The molecule has 2 heterocycles. The Bertz CT molecular complexity index is 1510. The van der Waals surface area contributed by atoms with Crippen LogP contribution in [0.5, 0.6) is 0 Å². The predicted octanol–water partition coefficient (Wildman–Crippen LogP) is 5.42. The Labute approximate surface area is 242 Å². The molecule has 0 aliphatic carbocycles. The van der Waals surface area contributed by atoms with E-state index in [9.17, 15) is 9.59 Å². The van der Waals surface area contributed by atoms with E-state index < -0.39 is 5.54 Å². The zero-order valence-corrected chi connectivity index (χ0v) is 23.5. The summed E-state index contributed by atoms with van der Waals surface area (Å²) in [5, 5.41) is 7.54. The first-order chi connectivity index (χ1) is 18.8. The third-order valence-electron chi connectivity index (χ3n) is 7.09. The Balaban J connectivity index is 1.50. The lowest BCUT2D eigenvalue weighted by Gasteiger charge is -2.40. The molecule has 0 spiro atoms. The van der Waals surface area contributed by atoms with Crippen molar-refractivity contribution in [2.45, 2.75) is 18.4 Å². The maximum Gasteiger partial charge on any atom is 0.255 e. The molecule has 3 aromatic rings. The van der Waals surface area contributed by atoms with Crippen LogP contribution in [-0.4, -0.2) is 55.6 Å². The second kappa shape index (κ2) is 11.4. The molecule has 5 rings (SSSR count). The first-order valence-corrected chi connectivity index (χ1v) is 13.7. The minimum absolute atomic E-state index is 0.238. The molecular weight excluding hydrogens is 557 g/mol. The van der Waals surface area contributed by atoms with Crippen LogP contribution in [0.3, 0.4) is 0 Å². The molecule has 0 radical (unpaired) electrons. The van der Waals surface area contributed by atoms with E-state index in [1.165, 1.54) is 0 Å². The zero-order chi connectivity index (χ0) is 27.6. The monoisotopic (exact) mass is 582 g/mol. The summed E-state index contributed by atoms with van der Waals surface area (Å²) in [7, 11) is 1.81. The topological polar surface area (TPSA) is 76.8 Å². The Morgan fingerprint density at radius 1 is 1.08 bits per heavy atom. The first-order valence-electron chi connectivity index (χ1n) is 12.5. The van der Waals surface area contributed by atoms with Crippen molar-refractivity contribution in [3.8, 4) is 0 Å². The first kappa shape index (κ1) is 27.2. The van der Waals surface area contributed by atoms with Gasteiger partial charge in [0.05, 0.1) is 17.5 Å². The molecule has 7 nitrogen and oxygen atoms in total. The van der Waals surface area contributed by atoms with E-state index >= 15 is 0 Å². The van der Waals surface area contributed by atoms with Gasteiger partial charge in [0, 0.05) is 52.8 Å². The molecule has 2 amide bonds. The Morgan fingerprint density at radius 3 is 2.62 bits per heavy atom. The van der Waals surface area contributed by atoms with Gasteiger partial charge in [0.15, 0.2) is 11.8 Å². The SMILES string of the molecule is CN(c1cc(Cl)ccc1C(=O)NCCC[N+]1=CC=NC1)C1(Cc2cccc(Cl)c2)C(=O)Nc2cc(Cl)ccc21. The summed E-state index contributed by atoms with van der Waals surface area (Å²) in [6.07, 6.45) is 4.77. The number of nitrogens with zero attached hydrogens (tertiary/aromatic N) is 3. The average Bonchev–Trinajstić information content (AvgIpc) is 3.52. The van der Waals surface area contributed by atoms with Gasteiger partial charge in [-0.15, -0.1) is 0 Å². The molecule has 0 saturated heterocycles. The maximum atomic E-state index is 13.9. The summed E-state index contributed by atoms with van der Waals surface area (Å²) in [5.74, 6) is -0.486. The summed E-state index contributed by atoms with van der Waals surface area (Å²) in [4.78, 5) is 33.3. The molecular formula is C29H27Cl3N5O2+. The molecule has 0 aromatic heterocycles. The third kappa shape index (κ3) is 5.53. The number of anilines is 2. The summed E-state index contributed by atoms with van der Waals surface area (Å²) in [6, 6.07) is 17.8. The van der Waals surface area contributed by atoms with Gasteiger partial charge in [-0.05, 0) is 48.0 Å². The van der Waals surface area contributed by atoms with Gasteiger partial charge in [-0.3, -0.25) is 9.59 Å². The molecule has 1 atom stereocenters. The van der Waals surface area contributed by atoms with Gasteiger partial charge in [0.2, 0.25) is 6.67 Å². The van der Waals surface area contributed by atoms with Crippen LogP contribution in [0.4, 0.5) is 11.4 Å². The minimum Gasteiger partial charge on any atom is -0.356 e. The van der Waals surface area contributed by atoms with Crippen molar-refractivity contribution < 1.29 is 14.2 Å². The predicted molar refractivity (Wildman–Crippen MR) is 158 cm³/mol. The van der Waals surface area contributed by atoms with Crippen molar-refractivity contribution in [1.29, 1.82) is 0 Å². The van der Waals surface area contributed by atoms with E-state index in [1.807, 2.05) is 35.4 Å². The van der Waals surface area contributed by atoms with Gasteiger partial charge in [0.1, 0.15) is 6.54 Å². The molecule has 0 fully saturated rings. The summed E-state index contributed by atoms with van der Waals surface area (Å²) in [5.41, 5.74) is 1.98. The van der Waals surface area contributed by atoms with Crippen LogP contribution >= 0.6 is 34.8 Å². The number of fused-ring (bicyclic) bond motifs is 1. The molecule has 10 heteroatoms. The average molecular weight is 584 g/mol. The fraction of sp³-hybridized carbons (Fsp3) is 0.241. The number of aliphatic imine (C=N–C) groups is 1. The highest BCUT2D eigenvalue weighted by atomic mass is 35.5. The molecule has 0 bridgehead atoms. The zero-order valence-electron chi connectivity index (χ0n) is 21.3. The lowest BCUT2D eigenvalue weighted by molar-refractivity contribution is -0.517. The van der Waals surface area contributed by atoms with E-state index in [4.69, 9.17) is 34.8 Å². The van der Waals surface area contributed by atoms with Crippen LogP contribution in [0.1, 0.15) is 27.9 Å². The van der Waals surface area contributed by atoms with Crippen molar-refractivity contribution >= 4 is 70.4 Å². The quantitative estimate of drug-likeness (QED) is 0.261. The third-order valence-corrected chi connectivity index (χ3v) is 7.80. The van der Waals surface area contributed by atoms with Crippen molar-refractivity contribution in [1.82, 2.24) is 5.32 Å². The maximum absolute atomic E-state index is 13.9. The summed E-state index contributed by atoms with van der Waals surface area (Å²) < 4.78 is 2.08. The highest BCUT2D eigenvalue weighted by Gasteiger charge is 2.51. The largest absolute Gasteiger partial charge is 0.356 e. The number of carbonyl (C=O) groups excluding carboxylic acids is 2. The number of benzene rings is 3. The molecule has 200 valence electrons. The van der Waals surface area contributed by atoms with Crippen LogP contribution in [0.15, 0.2) is 65.7 Å². The van der Waals surface area contributed by atoms with Crippen LogP contribution in [0, 0.1) is 0 Å². The number of carbonyl (C=O) groups is 2. The number of amides is 2. The van der Waals surface area contributed by atoms with E-state index in [0.717, 1.165) is 24.1 Å². The summed E-state index contributed by atoms with van der Waals surface area (Å²) in [6.45, 7) is 1.92. The number of hydrogen-bond acceptors (Lipinski definition) is 4. The fourth-order valence-corrected chi connectivity index (χ4v) is 5.69. The highest BCUT2D eigenvalue weighted by Crippen LogP contribution is 2.46.